The molecule has 2 aliphatic carbocycles. The van der Waals surface area contributed by atoms with Crippen LogP contribution in [-0.2, 0) is 5.54 Å². The van der Waals surface area contributed by atoms with Gasteiger partial charge in [-0.1, -0.05) is 43.7 Å². The second-order valence-corrected chi connectivity index (χ2v) is 10.8. The highest BCUT2D eigenvalue weighted by Crippen LogP contribution is 2.51. The third kappa shape index (κ3) is 4.13. The fourth-order valence-electron chi connectivity index (χ4n) is 6.63. The second kappa shape index (κ2) is 9.97. The van der Waals surface area contributed by atoms with Crippen LogP contribution in [0, 0.1) is 17.2 Å². The maximum atomic E-state index is 11.7. The van der Waals surface area contributed by atoms with Gasteiger partial charge in [-0.2, -0.15) is 10.2 Å². The lowest BCUT2D eigenvalue weighted by atomic mass is 9.68. The zero-order valence-electron chi connectivity index (χ0n) is 21.7. The SMILES string of the molecule is CCN(C)C1(c2ccccc2)CCC2(CC1)CN(c1cnc(C#N)nc1OC)C(O)N2CC1CCC1. The maximum Gasteiger partial charge on any atom is 0.241 e. The third-order valence-corrected chi connectivity index (χ3v) is 9.17. The molecule has 2 heterocycles. The molecule has 1 spiro atoms. The lowest BCUT2D eigenvalue weighted by Crippen LogP contribution is -2.57. The molecule has 8 nitrogen and oxygen atoms in total. The standard InChI is InChI=1S/C28H38N6O2/c1-4-32(2)28(22-11-6-5-7-12-22)15-13-27(14-16-28)20-33(26(35)34(27)19-21-9-8-10-21)23-18-30-24(17-29)31-25(23)36-3/h5-7,11-12,18,21,26,35H,4,8-10,13-16,19-20H2,1-3H3. The minimum Gasteiger partial charge on any atom is -0.479 e. The van der Waals surface area contributed by atoms with Gasteiger partial charge in [-0.25, -0.2) is 4.98 Å². The summed E-state index contributed by atoms with van der Waals surface area (Å²) >= 11 is 0. The van der Waals surface area contributed by atoms with Crippen LogP contribution in [-0.4, -0.2) is 70.6 Å². The van der Waals surface area contributed by atoms with Gasteiger partial charge in [0.2, 0.25) is 11.7 Å². The van der Waals surface area contributed by atoms with Gasteiger partial charge >= 0.3 is 0 Å². The quantitative estimate of drug-likeness (QED) is 0.628. The molecule has 36 heavy (non-hydrogen) atoms. The first-order chi connectivity index (χ1) is 17.5. The minimum atomic E-state index is -0.774. The molecule has 1 aliphatic heterocycles. The van der Waals surface area contributed by atoms with Crippen LogP contribution in [0.15, 0.2) is 36.5 Å². The number of hydrogen-bond donors (Lipinski definition) is 1. The monoisotopic (exact) mass is 490 g/mol. The van der Waals surface area contributed by atoms with Crippen molar-refractivity contribution in [3.05, 3.63) is 47.9 Å². The molecule has 2 saturated carbocycles. The van der Waals surface area contributed by atoms with E-state index in [2.05, 4.69) is 64.1 Å². The zero-order chi connectivity index (χ0) is 25.3. The van der Waals surface area contributed by atoms with Crippen molar-refractivity contribution in [3.63, 3.8) is 0 Å². The maximum absolute atomic E-state index is 11.7. The van der Waals surface area contributed by atoms with Gasteiger partial charge in [-0.15, -0.1) is 0 Å². The summed E-state index contributed by atoms with van der Waals surface area (Å²) in [6, 6.07) is 12.9. The number of rotatable bonds is 7. The molecule has 192 valence electrons. The van der Waals surface area contributed by atoms with Crippen molar-refractivity contribution in [2.45, 2.75) is 69.3 Å². The molecule has 1 unspecified atom stereocenters. The van der Waals surface area contributed by atoms with Crippen LogP contribution < -0.4 is 9.64 Å². The summed E-state index contributed by atoms with van der Waals surface area (Å²) in [5.41, 5.74) is 1.88. The van der Waals surface area contributed by atoms with E-state index >= 15 is 0 Å². The van der Waals surface area contributed by atoms with E-state index in [1.54, 1.807) is 13.3 Å². The highest BCUT2D eigenvalue weighted by Gasteiger charge is 2.55. The Balaban J connectivity index is 1.48. The minimum absolute atomic E-state index is 0.00296. The summed E-state index contributed by atoms with van der Waals surface area (Å²) in [6.45, 7) is 4.81. The topological polar surface area (TPSA) is 88.8 Å². The van der Waals surface area contributed by atoms with Crippen molar-refractivity contribution >= 4 is 5.69 Å². The summed E-state index contributed by atoms with van der Waals surface area (Å²) in [6.07, 6.45) is 8.64. The Kier molecular flexibility index (Phi) is 6.90. The first-order valence-electron chi connectivity index (χ1n) is 13.3. The van der Waals surface area contributed by atoms with Gasteiger partial charge < -0.3 is 14.7 Å². The van der Waals surface area contributed by atoms with Crippen LogP contribution in [0.2, 0.25) is 0 Å². The van der Waals surface area contributed by atoms with Crippen LogP contribution in [0.25, 0.3) is 0 Å². The normalized spacial score (nSPS) is 28.9. The Morgan fingerprint density at radius 3 is 2.50 bits per heavy atom. The highest BCUT2D eigenvalue weighted by atomic mass is 16.5. The number of nitrogens with zero attached hydrogens (tertiary/aromatic N) is 6. The molecule has 3 aliphatic rings. The predicted molar refractivity (Wildman–Crippen MR) is 138 cm³/mol. The van der Waals surface area contributed by atoms with Gasteiger partial charge in [-0.05, 0) is 63.6 Å². The van der Waals surface area contributed by atoms with Gasteiger partial charge in [0.05, 0.1) is 13.3 Å². The van der Waals surface area contributed by atoms with Crippen LogP contribution in [0.3, 0.4) is 0 Å². The Morgan fingerprint density at radius 2 is 1.92 bits per heavy atom. The van der Waals surface area contributed by atoms with E-state index in [4.69, 9.17) is 4.74 Å². The zero-order valence-corrected chi connectivity index (χ0v) is 21.7. The molecule has 1 aromatic heterocycles. The molecule has 8 heteroatoms. The number of nitriles is 1. The summed E-state index contributed by atoms with van der Waals surface area (Å²) < 4.78 is 5.53. The van der Waals surface area contributed by atoms with Crippen LogP contribution in [0.1, 0.15) is 63.3 Å². The Labute approximate surface area is 214 Å². The molecule has 0 radical (unpaired) electrons. The molecule has 3 fully saturated rings. The average Bonchev–Trinajstić information content (AvgIpc) is 3.16. The Hall–Kier alpha value is -2.73. The number of aromatic nitrogens is 2. The van der Waals surface area contributed by atoms with Crippen molar-refractivity contribution in [3.8, 4) is 11.9 Å². The van der Waals surface area contributed by atoms with E-state index in [-0.39, 0.29) is 16.9 Å². The number of ether oxygens (including phenoxy) is 1. The van der Waals surface area contributed by atoms with E-state index in [0.717, 1.165) is 38.8 Å². The van der Waals surface area contributed by atoms with Crippen LogP contribution in [0.5, 0.6) is 5.88 Å². The Bertz CT molecular complexity index is 1090. The van der Waals surface area contributed by atoms with Crippen molar-refractivity contribution in [1.29, 1.82) is 5.26 Å². The molecule has 1 aromatic carbocycles. The number of aliphatic hydroxyl groups excluding tert-OH is 1. The Morgan fingerprint density at radius 1 is 1.19 bits per heavy atom. The van der Waals surface area contributed by atoms with Crippen LogP contribution >= 0.6 is 0 Å². The number of methoxy groups -OCH3 is 1. The van der Waals surface area contributed by atoms with Crippen molar-refractivity contribution in [2.75, 3.05) is 38.7 Å². The first-order valence-corrected chi connectivity index (χ1v) is 13.3. The fraction of sp³-hybridized carbons (Fsp3) is 0.607. The molecule has 0 bridgehead atoms. The smallest absolute Gasteiger partial charge is 0.241 e. The summed E-state index contributed by atoms with van der Waals surface area (Å²) in [5.74, 6) is 1.04. The van der Waals surface area contributed by atoms with E-state index in [9.17, 15) is 10.4 Å². The van der Waals surface area contributed by atoms with E-state index < -0.39 is 6.35 Å². The summed E-state index contributed by atoms with van der Waals surface area (Å²) in [4.78, 5) is 15.3. The fourth-order valence-corrected chi connectivity index (χ4v) is 6.63. The molecule has 1 saturated heterocycles. The summed E-state index contributed by atoms with van der Waals surface area (Å²) in [7, 11) is 3.79. The highest BCUT2D eigenvalue weighted by molar-refractivity contribution is 5.56. The largest absolute Gasteiger partial charge is 0.479 e. The number of hydrogen-bond acceptors (Lipinski definition) is 8. The lowest BCUT2D eigenvalue weighted by Gasteiger charge is -2.52. The van der Waals surface area contributed by atoms with Crippen LogP contribution in [0.4, 0.5) is 5.69 Å². The molecule has 1 N–H and O–H groups in total. The van der Waals surface area contributed by atoms with Gasteiger partial charge in [0, 0.05) is 24.2 Å². The second-order valence-electron chi connectivity index (χ2n) is 10.8. The van der Waals surface area contributed by atoms with Crippen molar-refractivity contribution in [1.82, 2.24) is 19.8 Å². The van der Waals surface area contributed by atoms with Gasteiger partial charge in [0.25, 0.3) is 0 Å². The first kappa shape index (κ1) is 24.9. The van der Waals surface area contributed by atoms with Gasteiger partial charge in [0.1, 0.15) is 11.8 Å². The molecule has 0 amide bonds. The van der Waals surface area contributed by atoms with Gasteiger partial charge in [-0.3, -0.25) is 9.80 Å². The number of aliphatic hydroxyl groups is 1. The third-order valence-electron chi connectivity index (χ3n) is 9.17. The van der Waals surface area contributed by atoms with E-state index in [0.29, 0.717) is 24.0 Å². The van der Waals surface area contributed by atoms with E-state index in [1.807, 2.05) is 11.0 Å². The predicted octanol–water partition coefficient (Wildman–Crippen LogP) is 3.71. The molecular weight excluding hydrogens is 452 g/mol. The van der Waals surface area contributed by atoms with Crippen molar-refractivity contribution in [2.24, 2.45) is 5.92 Å². The lowest BCUT2D eigenvalue weighted by molar-refractivity contribution is -0.0682. The van der Waals surface area contributed by atoms with Gasteiger partial charge in [0.15, 0.2) is 6.35 Å². The molecule has 1 atom stereocenters. The number of benzene rings is 1. The molecule has 2 aromatic rings. The summed E-state index contributed by atoms with van der Waals surface area (Å²) in [5, 5.41) is 20.9. The average molecular weight is 491 g/mol. The number of anilines is 1. The molecular formula is C28H38N6O2. The van der Waals surface area contributed by atoms with Crippen molar-refractivity contribution < 1.29 is 9.84 Å². The molecule has 5 rings (SSSR count). The van der Waals surface area contributed by atoms with E-state index in [1.165, 1.54) is 24.8 Å².